The molecule has 4 heteroatoms. The van der Waals surface area contributed by atoms with Crippen LogP contribution in [-0.4, -0.2) is 24.5 Å². The Morgan fingerprint density at radius 3 is 2.61 bits per heavy atom. The molecule has 2 unspecified atom stereocenters. The first-order valence-electron chi connectivity index (χ1n) is 7.07. The van der Waals surface area contributed by atoms with Crippen LogP contribution in [-0.2, 0) is 14.3 Å². The van der Waals surface area contributed by atoms with Gasteiger partial charge in [0, 0.05) is 12.3 Å². The molecule has 2 fully saturated rings. The third kappa shape index (κ3) is 2.85. The number of carbonyl (C=O) groups is 2. The van der Waals surface area contributed by atoms with Crippen molar-refractivity contribution in [3.63, 3.8) is 0 Å². The molecule has 0 bridgehead atoms. The molecule has 0 aromatic rings. The summed E-state index contributed by atoms with van der Waals surface area (Å²) in [5.74, 6) is 1.16. The van der Waals surface area contributed by atoms with Crippen LogP contribution in [0.3, 0.4) is 0 Å². The Morgan fingerprint density at radius 1 is 1.33 bits per heavy atom. The van der Waals surface area contributed by atoms with Crippen LogP contribution in [0.25, 0.3) is 0 Å². The highest BCUT2D eigenvalue weighted by Gasteiger charge is 2.43. The highest BCUT2D eigenvalue weighted by molar-refractivity contribution is 5.88. The minimum absolute atomic E-state index is 0.00308. The Labute approximate surface area is 108 Å². The van der Waals surface area contributed by atoms with Crippen LogP contribution in [0.4, 0.5) is 0 Å². The monoisotopic (exact) mass is 253 g/mol. The molecule has 2 aliphatic rings. The fourth-order valence-electron chi connectivity index (χ4n) is 3.29. The maximum atomic E-state index is 11.9. The van der Waals surface area contributed by atoms with Gasteiger partial charge in [0.1, 0.15) is 6.04 Å². The van der Waals surface area contributed by atoms with Crippen molar-refractivity contribution in [2.45, 2.75) is 52.0 Å². The lowest BCUT2D eigenvalue weighted by atomic mass is 9.74. The maximum absolute atomic E-state index is 11.9. The van der Waals surface area contributed by atoms with Gasteiger partial charge in [0.15, 0.2) is 0 Å². The van der Waals surface area contributed by atoms with Crippen molar-refractivity contribution in [3.05, 3.63) is 0 Å². The zero-order chi connectivity index (χ0) is 13.1. The summed E-state index contributed by atoms with van der Waals surface area (Å²) in [4.78, 5) is 23.4. The number of nitrogens with one attached hydrogen (secondary N) is 1. The standard InChI is InChI=1S/C14H23NO3/c1-3-18-14(17)13-11(8-12(16)15-13)10-6-4-9(2)5-7-10/h9-11,13H,3-8H2,1-2H3,(H,15,16). The normalized spacial score (nSPS) is 36.2. The van der Waals surface area contributed by atoms with Gasteiger partial charge < -0.3 is 10.1 Å². The predicted molar refractivity (Wildman–Crippen MR) is 67.8 cm³/mol. The number of amides is 1. The van der Waals surface area contributed by atoms with Crippen LogP contribution in [0, 0.1) is 17.8 Å². The largest absolute Gasteiger partial charge is 0.464 e. The Hall–Kier alpha value is -1.06. The molecular weight excluding hydrogens is 230 g/mol. The molecule has 1 saturated carbocycles. The van der Waals surface area contributed by atoms with E-state index in [4.69, 9.17) is 4.74 Å². The second-order valence-corrected chi connectivity index (χ2v) is 5.69. The molecule has 0 radical (unpaired) electrons. The van der Waals surface area contributed by atoms with Crippen LogP contribution < -0.4 is 5.32 Å². The second kappa shape index (κ2) is 5.72. The smallest absolute Gasteiger partial charge is 0.328 e. The first-order chi connectivity index (χ1) is 8.61. The van der Waals surface area contributed by atoms with E-state index in [-0.39, 0.29) is 17.8 Å². The summed E-state index contributed by atoms with van der Waals surface area (Å²) in [5, 5.41) is 2.78. The van der Waals surface area contributed by atoms with E-state index >= 15 is 0 Å². The van der Waals surface area contributed by atoms with Crippen molar-refractivity contribution in [1.29, 1.82) is 0 Å². The van der Waals surface area contributed by atoms with E-state index in [1.54, 1.807) is 6.92 Å². The number of hydrogen-bond donors (Lipinski definition) is 1. The molecule has 1 aliphatic heterocycles. The van der Waals surface area contributed by atoms with E-state index in [2.05, 4.69) is 12.2 Å². The summed E-state index contributed by atoms with van der Waals surface area (Å²) in [6.45, 7) is 4.45. The average Bonchev–Trinajstić information content (AvgIpc) is 2.73. The van der Waals surface area contributed by atoms with Gasteiger partial charge >= 0.3 is 5.97 Å². The lowest BCUT2D eigenvalue weighted by Crippen LogP contribution is -2.41. The zero-order valence-corrected chi connectivity index (χ0v) is 11.3. The fourth-order valence-corrected chi connectivity index (χ4v) is 3.29. The van der Waals surface area contributed by atoms with Gasteiger partial charge in [-0.15, -0.1) is 0 Å². The van der Waals surface area contributed by atoms with Gasteiger partial charge in [-0.25, -0.2) is 4.79 Å². The zero-order valence-electron chi connectivity index (χ0n) is 11.3. The van der Waals surface area contributed by atoms with Gasteiger partial charge in [-0.1, -0.05) is 19.8 Å². The van der Waals surface area contributed by atoms with Crippen molar-refractivity contribution in [3.8, 4) is 0 Å². The number of hydrogen-bond acceptors (Lipinski definition) is 3. The first kappa shape index (κ1) is 13.4. The summed E-state index contributed by atoms with van der Waals surface area (Å²) < 4.78 is 5.06. The van der Waals surface area contributed by atoms with Crippen LogP contribution in [0.5, 0.6) is 0 Å². The summed E-state index contributed by atoms with van der Waals surface area (Å²) >= 11 is 0. The van der Waals surface area contributed by atoms with Crippen LogP contribution >= 0.6 is 0 Å². The Bertz CT molecular complexity index is 321. The summed E-state index contributed by atoms with van der Waals surface area (Å²) in [5.41, 5.74) is 0. The predicted octanol–water partition coefficient (Wildman–Crippen LogP) is 1.88. The van der Waals surface area contributed by atoms with Gasteiger partial charge in [-0.3, -0.25) is 4.79 Å². The molecule has 1 aliphatic carbocycles. The highest BCUT2D eigenvalue weighted by atomic mass is 16.5. The minimum Gasteiger partial charge on any atom is -0.464 e. The molecule has 102 valence electrons. The fraction of sp³-hybridized carbons (Fsp3) is 0.857. The molecule has 1 amide bonds. The van der Waals surface area contributed by atoms with E-state index < -0.39 is 6.04 Å². The number of esters is 1. The van der Waals surface area contributed by atoms with Crippen molar-refractivity contribution in [1.82, 2.24) is 5.32 Å². The average molecular weight is 253 g/mol. The van der Waals surface area contributed by atoms with Crippen molar-refractivity contribution >= 4 is 11.9 Å². The van der Waals surface area contributed by atoms with E-state index in [0.29, 0.717) is 18.9 Å². The summed E-state index contributed by atoms with van der Waals surface area (Å²) in [6, 6.07) is -0.407. The van der Waals surface area contributed by atoms with Crippen LogP contribution in [0.15, 0.2) is 0 Å². The molecule has 1 saturated heterocycles. The highest BCUT2D eigenvalue weighted by Crippen LogP contribution is 2.38. The lowest BCUT2D eigenvalue weighted by molar-refractivity contribution is -0.147. The van der Waals surface area contributed by atoms with Gasteiger partial charge in [-0.2, -0.15) is 0 Å². The molecular formula is C14H23NO3. The molecule has 0 aromatic heterocycles. The van der Waals surface area contributed by atoms with Gasteiger partial charge in [-0.05, 0) is 31.6 Å². The van der Waals surface area contributed by atoms with Gasteiger partial charge in [0.25, 0.3) is 0 Å². The minimum atomic E-state index is -0.407. The number of rotatable bonds is 3. The van der Waals surface area contributed by atoms with Crippen molar-refractivity contribution < 1.29 is 14.3 Å². The third-order valence-electron chi connectivity index (χ3n) is 4.37. The SMILES string of the molecule is CCOC(=O)C1NC(=O)CC1C1CCC(C)CC1. The molecule has 0 aromatic carbocycles. The van der Waals surface area contributed by atoms with Gasteiger partial charge in [0.05, 0.1) is 6.61 Å². The Morgan fingerprint density at radius 2 is 2.00 bits per heavy atom. The molecule has 1 heterocycles. The van der Waals surface area contributed by atoms with Gasteiger partial charge in [0.2, 0.25) is 5.91 Å². The van der Waals surface area contributed by atoms with E-state index in [1.807, 2.05) is 0 Å². The molecule has 2 rings (SSSR count). The van der Waals surface area contributed by atoms with Crippen molar-refractivity contribution in [2.24, 2.45) is 17.8 Å². The maximum Gasteiger partial charge on any atom is 0.328 e. The third-order valence-corrected chi connectivity index (χ3v) is 4.37. The number of carbonyl (C=O) groups excluding carboxylic acids is 2. The van der Waals surface area contributed by atoms with Crippen LogP contribution in [0.1, 0.15) is 46.0 Å². The van der Waals surface area contributed by atoms with E-state index in [0.717, 1.165) is 18.8 Å². The van der Waals surface area contributed by atoms with E-state index in [9.17, 15) is 9.59 Å². The molecule has 0 spiro atoms. The van der Waals surface area contributed by atoms with E-state index in [1.165, 1.54) is 12.8 Å². The quantitative estimate of drug-likeness (QED) is 0.781. The molecule has 1 N–H and O–H groups in total. The molecule has 4 nitrogen and oxygen atoms in total. The van der Waals surface area contributed by atoms with Crippen LogP contribution in [0.2, 0.25) is 0 Å². The Balaban J connectivity index is 2.00. The summed E-state index contributed by atoms with van der Waals surface area (Å²) in [7, 11) is 0. The Kier molecular flexibility index (Phi) is 4.25. The summed E-state index contributed by atoms with van der Waals surface area (Å²) in [6.07, 6.45) is 5.19. The second-order valence-electron chi connectivity index (χ2n) is 5.69. The van der Waals surface area contributed by atoms with Crippen molar-refractivity contribution in [2.75, 3.05) is 6.61 Å². The topological polar surface area (TPSA) is 55.4 Å². The first-order valence-corrected chi connectivity index (χ1v) is 7.07. The molecule has 18 heavy (non-hydrogen) atoms. The number of ether oxygens (including phenoxy) is 1. The molecule has 2 atom stereocenters. The lowest BCUT2D eigenvalue weighted by Gasteiger charge is -2.32.